The molecule has 5 N–H and O–H groups in total. The van der Waals surface area contributed by atoms with Crippen LogP contribution in [0.2, 0.25) is 0 Å². The fourth-order valence-corrected chi connectivity index (χ4v) is 3.21. The van der Waals surface area contributed by atoms with Gasteiger partial charge in [-0.3, -0.25) is 4.79 Å². The molecular formula is C21H27BrN6O4S. The van der Waals surface area contributed by atoms with Crippen molar-refractivity contribution < 1.29 is 19.4 Å². The van der Waals surface area contributed by atoms with E-state index in [0.29, 0.717) is 36.4 Å². The number of carbonyl (C=O) groups is 2. The van der Waals surface area contributed by atoms with E-state index < -0.39 is 11.9 Å². The number of nitrogens with zero attached hydrogens (tertiary/aromatic N) is 2. The fourth-order valence-electron chi connectivity index (χ4n) is 2.64. The van der Waals surface area contributed by atoms with Gasteiger partial charge in [0.05, 0.1) is 18.7 Å². The van der Waals surface area contributed by atoms with Crippen LogP contribution in [0.15, 0.2) is 28.9 Å². The minimum atomic E-state index is -0.889. The molecule has 0 saturated carbocycles. The summed E-state index contributed by atoms with van der Waals surface area (Å²) >= 11 is 8.65. The maximum atomic E-state index is 12.3. The number of hydrogen-bond donors (Lipinski definition) is 5. The molecule has 0 spiro atoms. The van der Waals surface area contributed by atoms with Crippen LogP contribution in [0, 0.1) is 6.92 Å². The highest BCUT2D eigenvalue weighted by atomic mass is 79.9. The van der Waals surface area contributed by atoms with E-state index in [1.807, 2.05) is 25.1 Å². The van der Waals surface area contributed by atoms with Crippen LogP contribution >= 0.6 is 28.1 Å². The Bertz CT molecular complexity index is 991. The maximum absolute atomic E-state index is 12.3. The van der Waals surface area contributed by atoms with Gasteiger partial charge in [0, 0.05) is 30.3 Å². The van der Waals surface area contributed by atoms with E-state index in [9.17, 15) is 9.59 Å². The molecule has 0 saturated heterocycles. The van der Waals surface area contributed by atoms with Crippen LogP contribution in [0.1, 0.15) is 35.7 Å². The first-order valence-electron chi connectivity index (χ1n) is 10.4. The van der Waals surface area contributed by atoms with E-state index in [1.165, 1.54) is 6.20 Å². The Morgan fingerprint density at radius 3 is 2.70 bits per heavy atom. The third-order valence-electron chi connectivity index (χ3n) is 4.28. The van der Waals surface area contributed by atoms with E-state index in [-0.39, 0.29) is 25.1 Å². The maximum Gasteiger partial charge on any atom is 0.343 e. The third kappa shape index (κ3) is 8.81. The molecule has 1 aromatic heterocycles. The summed E-state index contributed by atoms with van der Waals surface area (Å²) in [6, 6.07) is 5.79. The Labute approximate surface area is 206 Å². The van der Waals surface area contributed by atoms with Gasteiger partial charge in [0.2, 0.25) is 5.95 Å². The van der Waals surface area contributed by atoms with Gasteiger partial charge in [0.15, 0.2) is 5.11 Å². The molecule has 0 atom stereocenters. The van der Waals surface area contributed by atoms with Crippen LogP contribution in [0.4, 0.5) is 17.5 Å². The standard InChI is InChI=1S/C21H27BrN6O4S/c1-3-32-19(31)14-12-26-20(27-15-7-4-6-13(2)17(15)22)28-18(14)23-9-5-10-24-21(33)25-11-8-16(29)30/h4,6-7,12H,3,5,8-11H2,1-2H3,(H,29,30)(H2,24,25,33)(H2,23,26,27,28). The number of hydrogen-bond acceptors (Lipinski definition) is 8. The molecule has 2 rings (SSSR count). The summed E-state index contributed by atoms with van der Waals surface area (Å²) < 4.78 is 6.01. The van der Waals surface area contributed by atoms with Gasteiger partial charge < -0.3 is 31.1 Å². The molecule has 10 nitrogen and oxygen atoms in total. The van der Waals surface area contributed by atoms with Crippen LogP contribution in [0.3, 0.4) is 0 Å². The quantitative estimate of drug-likeness (QED) is 0.154. The zero-order valence-corrected chi connectivity index (χ0v) is 20.8. The lowest BCUT2D eigenvalue weighted by Gasteiger charge is -2.14. The second-order valence-corrected chi connectivity index (χ2v) is 8.05. The lowest BCUT2D eigenvalue weighted by Crippen LogP contribution is -2.37. The van der Waals surface area contributed by atoms with Gasteiger partial charge in [-0.15, -0.1) is 0 Å². The minimum absolute atomic E-state index is 0.0107. The van der Waals surface area contributed by atoms with Crippen molar-refractivity contribution in [1.82, 2.24) is 20.6 Å². The molecule has 0 unspecified atom stereocenters. The summed E-state index contributed by atoms with van der Waals surface area (Å²) in [5, 5.41) is 21.2. The number of aryl methyl sites for hydroxylation is 1. The van der Waals surface area contributed by atoms with E-state index in [0.717, 1.165) is 15.7 Å². The third-order valence-corrected chi connectivity index (χ3v) is 5.62. The van der Waals surface area contributed by atoms with Crippen molar-refractivity contribution in [2.45, 2.75) is 26.7 Å². The highest BCUT2D eigenvalue weighted by Gasteiger charge is 2.16. The van der Waals surface area contributed by atoms with Crippen LogP contribution in [-0.4, -0.2) is 58.4 Å². The number of aromatic nitrogens is 2. The second kappa shape index (κ2) is 13.5. The SMILES string of the molecule is CCOC(=O)c1cnc(Nc2cccc(C)c2Br)nc1NCCCNC(=S)NCCC(=O)O. The van der Waals surface area contributed by atoms with Crippen molar-refractivity contribution in [3.63, 3.8) is 0 Å². The normalized spacial score (nSPS) is 10.3. The molecule has 0 aliphatic carbocycles. The number of ether oxygens (including phenoxy) is 1. The summed E-state index contributed by atoms with van der Waals surface area (Å²) in [6.45, 7) is 5.26. The Hall–Kier alpha value is -2.99. The number of aliphatic carboxylic acids is 1. The minimum Gasteiger partial charge on any atom is -0.481 e. The van der Waals surface area contributed by atoms with E-state index >= 15 is 0 Å². The molecule has 0 aliphatic rings. The van der Waals surface area contributed by atoms with E-state index in [2.05, 4.69) is 47.2 Å². The van der Waals surface area contributed by atoms with Gasteiger partial charge in [-0.1, -0.05) is 12.1 Å². The van der Waals surface area contributed by atoms with Gasteiger partial charge in [0.1, 0.15) is 11.4 Å². The van der Waals surface area contributed by atoms with Gasteiger partial charge in [-0.05, 0) is 60.0 Å². The molecule has 0 fully saturated rings. The Balaban J connectivity index is 1.98. The molecule has 1 heterocycles. The number of halogens is 1. The van der Waals surface area contributed by atoms with Crippen LogP contribution in [-0.2, 0) is 9.53 Å². The van der Waals surface area contributed by atoms with Gasteiger partial charge in [-0.25, -0.2) is 9.78 Å². The smallest absolute Gasteiger partial charge is 0.343 e. The molecule has 0 amide bonds. The largest absolute Gasteiger partial charge is 0.481 e. The molecule has 0 radical (unpaired) electrons. The molecule has 33 heavy (non-hydrogen) atoms. The number of carbonyl (C=O) groups excluding carboxylic acids is 1. The first kappa shape index (κ1) is 26.3. The van der Waals surface area contributed by atoms with E-state index in [1.54, 1.807) is 6.92 Å². The number of anilines is 3. The number of benzene rings is 1. The summed E-state index contributed by atoms with van der Waals surface area (Å²) in [5.41, 5.74) is 2.10. The molecule has 12 heteroatoms. The van der Waals surface area contributed by atoms with Crippen molar-refractivity contribution >= 4 is 62.7 Å². The molecular weight excluding hydrogens is 512 g/mol. The van der Waals surface area contributed by atoms with Crippen molar-refractivity contribution in [1.29, 1.82) is 0 Å². The molecule has 0 bridgehead atoms. The number of carboxylic acids is 1. The molecule has 1 aromatic carbocycles. The lowest BCUT2D eigenvalue weighted by atomic mass is 10.2. The molecule has 178 valence electrons. The van der Waals surface area contributed by atoms with Crippen LogP contribution in [0.25, 0.3) is 0 Å². The van der Waals surface area contributed by atoms with Crippen LogP contribution < -0.4 is 21.3 Å². The molecule has 2 aromatic rings. The van der Waals surface area contributed by atoms with Crippen molar-refractivity contribution in [2.75, 3.05) is 36.9 Å². The Kier molecular flexibility index (Phi) is 10.8. The molecule has 0 aliphatic heterocycles. The average Bonchev–Trinajstić information content (AvgIpc) is 2.76. The number of nitrogens with one attached hydrogen (secondary N) is 4. The average molecular weight is 539 g/mol. The number of rotatable bonds is 12. The monoisotopic (exact) mass is 538 g/mol. The highest BCUT2D eigenvalue weighted by Crippen LogP contribution is 2.28. The van der Waals surface area contributed by atoms with Crippen molar-refractivity contribution in [3.8, 4) is 0 Å². The van der Waals surface area contributed by atoms with Gasteiger partial charge in [0.25, 0.3) is 0 Å². The predicted molar refractivity (Wildman–Crippen MR) is 134 cm³/mol. The number of esters is 1. The van der Waals surface area contributed by atoms with Gasteiger partial charge >= 0.3 is 11.9 Å². The Morgan fingerprint density at radius 2 is 1.97 bits per heavy atom. The fraction of sp³-hybridized carbons (Fsp3) is 0.381. The zero-order valence-electron chi connectivity index (χ0n) is 18.4. The summed E-state index contributed by atoms with van der Waals surface area (Å²) in [6.07, 6.45) is 2.08. The Morgan fingerprint density at radius 1 is 1.21 bits per heavy atom. The lowest BCUT2D eigenvalue weighted by molar-refractivity contribution is -0.136. The number of thiocarbonyl (C=S) groups is 1. The van der Waals surface area contributed by atoms with E-state index in [4.69, 9.17) is 22.1 Å². The summed E-state index contributed by atoms with van der Waals surface area (Å²) in [5.74, 6) is -0.707. The van der Waals surface area contributed by atoms with Crippen LogP contribution in [0.5, 0.6) is 0 Å². The first-order valence-corrected chi connectivity index (χ1v) is 11.6. The second-order valence-electron chi connectivity index (χ2n) is 6.84. The summed E-state index contributed by atoms with van der Waals surface area (Å²) in [7, 11) is 0. The first-order chi connectivity index (χ1) is 15.8. The zero-order chi connectivity index (χ0) is 24.2. The van der Waals surface area contributed by atoms with Gasteiger partial charge in [-0.2, -0.15) is 4.98 Å². The topological polar surface area (TPSA) is 138 Å². The number of carboxylic acid groups (broad SMARTS) is 1. The highest BCUT2D eigenvalue weighted by molar-refractivity contribution is 9.10. The van der Waals surface area contributed by atoms with Crippen molar-refractivity contribution in [2.24, 2.45) is 0 Å². The predicted octanol–water partition coefficient (Wildman–Crippen LogP) is 3.21. The van der Waals surface area contributed by atoms with Crippen molar-refractivity contribution in [3.05, 3.63) is 40.0 Å². The summed E-state index contributed by atoms with van der Waals surface area (Å²) in [4.78, 5) is 31.6.